The first-order chi connectivity index (χ1) is 6.91. The smallest absolute Gasteiger partial charge is 0.298 e. The van der Waals surface area contributed by atoms with E-state index in [1.807, 2.05) is 6.92 Å². The van der Waals surface area contributed by atoms with Crippen molar-refractivity contribution in [1.29, 1.82) is 0 Å². The predicted octanol–water partition coefficient (Wildman–Crippen LogP) is 1.09. The van der Waals surface area contributed by atoms with E-state index in [0.29, 0.717) is 17.7 Å². The van der Waals surface area contributed by atoms with Gasteiger partial charge in [-0.1, -0.05) is 6.92 Å². The maximum Gasteiger partial charge on any atom is 0.298 e. The molecule has 0 radical (unpaired) electrons. The third kappa shape index (κ3) is 2.21. The van der Waals surface area contributed by atoms with Crippen LogP contribution in [0.1, 0.15) is 12.5 Å². The first-order valence-electron chi connectivity index (χ1n) is 4.34. The molecule has 0 spiro atoms. The van der Waals surface area contributed by atoms with Crippen LogP contribution < -0.4 is 10.5 Å². The van der Waals surface area contributed by atoms with E-state index in [-0.39, 0.29) is 10.6 Å². The van der Waals surface area contributed by atoms with E-state index in [2.05, 4.69) is 0 Å². The van der Waals surface area contributed by atoms with Crippen molar-refractivity contribution in [2.24, 2.45) is 0 Å². The van der Waals surface area contributed by atoms with Crippen LogP contribution in [0, 0.1) is 0 Å². The van der Waals surface area contributed by atoms with Gasteiger partial charge in [-0.05, 0) is 18.6 Å². The van der Waals surface area contributed by atoms with Crippen molar-refractivity contribution in [3.63, 3.8) is 0 Å². The second-order valence-corrected chi connectivity index (χ2v) is 4.38. The molecule has 1 aromatic carbocycles. The van der Waals surface area contributed by atoms with Crippen LogP contribution in [-0.2, 0) is 16.5 Å². The van der Waals surface area contributed by atoms with E-state index in [1.165, 1.54) is 19.2 Å². The van der Waals surface area contributed by atoms with Crippen LogP contribution >= 0.6 is 0 Å². The first kappa shape index (κ1) is 11.8. The second kappa shape index (κ2) is 4.08. The average Bonchev–Trinajstić information content (AvgIpc) is 2.15. The normalized spacial score (nSPS) is 11.4. The summed E-state index contributed by atoms with van der Waals surface area (Å²) in [7, 11) is -2.94. The lowest BCUT2D eigenvalue weighted by atomic mass is 10.1. The maximum atomic E-state index is 11.0. The van der Waals surface area contributed by atoms with E-state index in [0.717, 1.165) is 0 Å². The van der Waals surface area contributed by atoms with Crippen LogP contribution in [0.25, 0.3) is 0 Å². The molecule has 1 rings (SSSR count). The highest BCUT2D eigenvalue weighted by Crippen LogP contribution is 2.32. The van der Waals surface area contributed by atoms with Crippen molar-refractivity contribution in [3.05, 3.63) is 17.7 Å². The highest BCUT2D eigenvalue weighted by Gasteiger charge is 2.20. The second-order valence-electron chi connectivity index (χ2n) is 2.99. The summed E-state index contributed by atoms with van der Waals surface area (Å²) in [5.74, 6) is 0.111. The standard InChI is InChI=1S/C9H13NO4S/c1-3-6-7(10)4-5-8(9(6)14-2)15(11,12)13/h4-5H,3,10H2,1-2H3,(H,11,12,13). The number of methoxy groups -OCH3 is 1. The molecule has 0 amide bonds. The van der Waals surface area contributed by atoms with Gasteiger partial charge in [-0.15, -0.1) is 0 Å². The Kier molecular flexibility index (Phi) is 3.21. The van der Waals surface area contributed by atoms with E-state index < -0.39 is 10.1 Å². The molecule has 15 heavy (non-hydrogen) atoms. The lowest BCUT2D eigenvalue weighted by Gasteiger charge is -2.12. The topological polar surface area (TPSA) is 89.6 Å². The van der Waals surface area contributed by atoms with Gasteiger partial charge in [-0.3, -0.25) is 4.55 Å². The van der Waals surface area contributed by atoms with Gasteiger partial charge in [-0.25, -0.2) is 0 Å². The number of hydrogen-bond acceptors (Lipinski definition) is 4. The van der Waals surface area contributed by atoms with E-state index in [9.17, 15) is 8.42 Å². The van der Waals surface area contributed by atoms with E-state index >= 15 is 0 Å². The van der Waals surface area contributed by atoms with Crippen molar-refractivity contribution in [1.82, 2.24) is 0 Å². The molecule has 84 valence electrons. The summed E-state index contributed by atoms with van der Waals surface area (Å²) >= 11 is 0. The Balaban J connectivity index is 3.57. The van der Waals surface area contributed by atoms with Crippen LogP contribution in [0.4, 0.5) is 5.69 Å². The van der Waals surface area contributed by atoms with Crippen LogP contribution in [-0.4, -0.2) is 20.1 Å². The minimum atomic E-state index is -4.28. The molecule has 0 bridgehead atoms. The summed E-state index contributed by atoms with van der Waals surface area (Å²) in [4.78, 5) is -0.254. The number of nitrogens with two attached hydrogens (primary N) is 1. The fourth-order valence-corrected chi connectivity index (χ4v) is 2.09. The summed E-state index contributed by atoms with van der Waals surface area (Å²) in [6.07, 6.45) is 0.526. The molecular formula is C9H13NO4S. The minimum Gasteiger partial charge on any atom is -0.495 e. The zero-order valence-electron chi connectivity index (χ0n) is 8.52. The quantitative estimate of drug-likeness (QED) is 0.600. The summed E-state index contributed by atoms with van der Waals surface area (Å²) in [6, 6.07) is 2.66. The molecule has 1 aromatic rings. The molecule has 0 fully saturated rings. The number of hydrogen-bond donors (Lipinski definition) is 2. The van der Waals surface area contributed by atoms with Crippen LogP contribution in [0.2, 0.25) is 0 Å². The van der Waals surface area contributed by atoms with Crippen LogP contribution in [0.3, 0.4) is 0 Å². The lowest BCUT2D eigenvalue weighted by molar-refractivity contribution is 0.393. The largest absolute Gasteiger partial charge is 0.495 e. The molecule has 6 heteroatoms. The molecular weight excluding hydrogens is 218 g/mol. The Bertz CT molecular complexity index is 467. The summed E-state index contributed by atoms with van der Waals surface area (Å²) < 4.78 is 36.0. The highest BCUT2D eigenvalue weighted by atomic mass is 32.2. The maximum absolute atomic E-state index is 11.0. The van der Waals surface area contributed by atoms with Crippen molar-refractivity contribution >= 4 is 15.8 Å². The Labute approximate surface area is 88.6 Å². The molecule has 0 aromatic heterocycles. The van der Waals surface area contributed by atoms with Crippen molar-refractivity contribution in [3.8, 4) is 5.75 Å². The molecule has 5 nitrogen and oxygen atoms in total. The summed E-state index contributed by atoms with van der Waals surface area (Å²) in [5.41, 5.74) is 6.69. The van der Waals surface area contributed by atoms with Gasteiger partial charge in [-0.2, -0.15) is 8.42 Å². The van der Waals surface area contributed by atoms with Gasteiger partial charge >= 0.3 is 0 Å². The Hall–Kier alpha value is -1.27. The van der Waals surface area contributed by atoms with Gasteiger partial charge in [0.1, 0.15) is 10.6 Å². The molecule has 0 saturated heterocycles. The third-order valence-corrected chi connectivity index (χ3v) is 2.97. The zero-order valence-corrected chi connectivity index (χ0v) is 9.34. The zero-order chi connectivity index (χ0) is 11.6. The van der Waals surface area contributed by atoms with Gasteiger partial charge in [0.2, 0.25) is 0 Å². The molecule has 0 unspecified atom stereocenters. The number of nitrogen functional groups attached to an aromatic ring is 1. The highest BCUT2D eigenvalue weighted by molar-refractivity contribution is 7.86. The van der Waals surface area contributed by atoms with Crippen LogP contribution in [0.5, 0.6) is 5.75 Å². The van der Waals surface area contributed by atoms with Crippen molar-refractivity contribution < 1.29 is 17.7 Å². The molecule has 0 aliphatic heterocycles. The SMILES string of the molecule is CCc1c(N)ccc(S(=O)(=O)O)c1OC. The molecule has 0 aliphatic rings. The minimum absolute atomic E-state index is 0.111. The van der Waals surface area contributed by atoms with Gasteiger partial charge in [0.05, 0.1) is 7.11 Å². The predicted molar refractivity (Wildman–Crippen MR) is 56.6 cm³/mol. The fourth-order valence-electron chi connectivity index (χ4n) is 1.41. The van der Waals surface area contributed by atoms with E-state index in [4.69, 9.17) is 15.0 Å². The molecule has 0 aliphatic carbocycles. The van der Waals surface area contributed by atoms with Gasteiger partial charge in [0.25, 0.3) is 10.1 Å². The lowest BCUT2D eigenvalue weighted by Crippen LogP contribution is -2.06. The van der Waals surface area contributed by atoms with Crippen LogP contribution in [0.15, 0.2) is 17.0 Å². The molecule has 0 atom stereocenters. The average molecular weight is 231 g/mol. The molecule has 0 heterocycles. The van der Waals surface area contributed by atoms with Crippen molar-refractivity contribution in [2.45, 2.75) is 18.2 Å². The number of ether oxygens (including phenoxy) is 1. The van der Waals surface area contributed by atoms with Crippen molar-refractivity contribution in [2.75, 3.05) is 12.8 Å². The number of benzene rings is 1. The summed E-state index contributed by atoms with van der Waals surface area (Å²) in [5, 5.41) is 0. The summed E-state index contributed by atoms with van der Waals surface area (Å²) in [6.45, 7) is 1.82. The number of rotatable bonds is 3. The molecule has 3 N–H and O–H groups in total. The Morgan fingerprint density at radius 2 is 2.07 bits per heavy atom. The molecule has 0 saturated carbocycles. The number of anilines is 1. The Morgan fingerprint density at radius 3 is 2.47 bits per heavy atom. The van der Waals surface area contributed by atoms with Gasteiger partial charge < -0.3 is 10.5 Å². The fraction of sp³-hybridized carbons (Fsp3) is 0.333. The Morgan fingerprint density at radius 1 is 1.47 bits per heavy atom. The first-order valence-corrected chi connectivity index (χ1v) is 5.78. The monoisotopic (exact) mass is 231 g/mol. The third-order valence-electron chi connectivity index (χ3n) is 2.10. The van der Waals surface area contributed by atoms with E-state index in [1.54, 1.807) is 0 Å². The van der Waals surface area contributed by atoms with Gasteiger partial charge in [0.15, 0.2) is 0 Å². The van der Waals surface area contributed by atoms with Gasteiger partial charge in [0, 0.05) is 11.3 Å².